The van der Waals surface area contributed by atoms with E-state index >= 15 is 0 Å². The zero-order chi connectivity index (χ0) is 40.7. The van der Waals surface area contributed by atoms with Gasteiger partial charge < -0.3 is 0 Å². The molecular formula is C50H76P2S2. The van der Waals surface area contributed by atoms with Gasteiger partial charge in [-0.15, -0.1) is 22.7 Å². The zero-order valence-electron chi connectivity index (χ0n) is 37.7. The van der Waals surface area contributed by atoms with Gasteiger partial charge in [-0.2, -0.15) is 0 Å². The lowest BCUT2D eigenvalue weighted by Crippen LogP contribution is -2.31. The Morgan fingerprint density at radius 3 is 0.889 bits per heavy atom. The van der Waals surface area contributed by atoms with E-state index in [1.807, 2.05) is 0 Å². The lowest BCUT2D eigenvalue weighted by Gasteiger charge is -2.33. The van der Waals surface area contributed by atoms with Gasteiger partial charge in [0.15, 0.2) is 0 Å². The van der Waals surface area contributed by atoms with E-state index in [1.165, 1.54) is 81.1 Å². The fraction of sp³-hybridized carbons (Fsp3) is 0.600. The van der Waals surface area contributed by atoms with E-state index in [4.69, 9.17) is 0 Å². The Hall–Kier alpha value is -1.30. The van der Waals surface area contributed by atoms with Crippen molar-refractivity contribution in [2.24, 2.45) is 0 Å². The van der Waals surface area contributed by atoms with Crippen LogP contribution < -0.4 is 19.8 Å². The molecule has 2 aromatic carbocycles. The van der Waals surface area contributed by atoms with Crippen LogP contribution in [0.4, 0.5) is 0 Å². The fourth-order valence-corrected chi connectivity index (χ4v) is 13.7. The Morgan fingerprint density at radius 1 is 0.370 bits per heavy atom. The van der Waals surface area contributed by atoms with Crippen molar-refractivity contribution < 1.29 is 0 Å². The molecule has 4 rings (SSSR count). The van der Waals surface area contributed by atoms with Crippen molar-refractivity contribution >= 4 is 59.7 Å². The van der Waals surface area contributed by atoms with Gasteiger partial charge in [0.25, 0.3) is 0 Å². The molecule has 0 aliphatic rings. The number of rotatable bonds is 11. The van der Waals surface area contributed by atoms with Crippen LogP contribution >= 0.6 is 39.8 Å². The molecule has 2 aromatic heterocycles. The van der Waals surface area contributed by atoms with Crippen molar-refractivity contribution in [3.05, 3.63) is 91.7 Å². The Kier molecular flexibility index (Phi) is 14.2. The number of hydrogen-bond acceptors (Lipinski definition) is 2. The second-order valence-corrected chi connectivity index (χ2v) is 27.7. The summed E-state index contributed by atoms with van der Waals surface area (Å²) in [4.78, 5) is 3.12. The third-order valence-electron chi connectivity index (χ3n) is 10.7. The summed E-state index contributed by atoms with van der Waals surface area (Å²) in [5.41, 5.74) is 9.77. The van der Waals surface area contributed by atoms with E-state index in [0.29, 0.717) is 17.2 Å². The minimum Gasteiger partial charge on any atom is -0.140 e. The minimum atomic E-state index is 0.110. The van der Waals surface area contributed by atoms with Crippen LogP contribution in [-0.2, 0) is 45.3 Å². The second-order valence-electron chi connectivity index (χ2n) is 22.1. The molecule has 4 heteroatoms. The molecule has 0 spiro atoms. The van der Waals surface area contributed by atoms with Crippen molar-refractivity contribution in [2.75, 3.05) is 0 Å². The molecule has 0 N–H and O–H groups in total. The molecule has 0 bridgehead atoms. The quantitative estimate of drug-likeness (QED) is 0.105. The standard InChI is InChI=1S/C50H76P2S2/c1-45(2,3)33-29-37(47(7,8)9)43(38(30-33)48(10,11)12)51-41-27-25-35(53-41)23-21-19-20-22-24-36-26-28-42(54-36)52-44-39(49(13,14)15)31-34(46(4,5)6)32-40(44)50(16,17)18/h25-32,51-52H,19-24H2,1-18H3. The number of thiophene rings is 2. The van der Waals surface area contributed by atoms with Gasteiger partial charge in [0, 0.05) is 19.0 Å². The second kappa shape index (κ2) is 16.9. The van der Waals surface area contributed by atoms with Crippen molar-refractivity contribution in [2.45, 2.75) is 196 Å². The van der Waals surface area contributed by atoms with Gasteiger partial charge in [-0.25, -0.2) is 0 Å². The molecule has 0 fully saturated rings. The Morgan fingerprint density at radius 2 is 0.648 bits per heavy atom. The number of unbranched alkanes of at least 4 members (excludes halogenated alkanes) is 3. The highest BCUT2D eigenvalue weighted by atomic mass is 32.1. The van der Waals surface area contributed by atoms with Gasteiger partial charge >= 0.3 is 0 Å². The maximum atomic E-state index is 2.53. The maximum absolute atomic E-state index is 2.53. The summed E-state index contributed by atoms with van der Waals surface area (Å²) in [7, 11) is 1.43. The normalized spacial score (nSPS) is 14.0. The van der Waals surface area contributed by atoms with Crippen molar-refractivity contribution in [1.29, 1.82) is 0 Å². The third-order valence-corrected chi connectivity index (χ3v) is 16.2. The van der Waals surface area contributed by atoms with Gasteiger partial charge in [0.2, 0.25) is 0 Å². The van der Waals surface area contributed by atoms with Crippen LogP contribution in [0.2, 0.25) is 0 Å². The highest BCUT2D eigenvalue weighted by Gasteiger charge is 2.31. The van der Waals surface area contributed by atoms with Gasteiger partial charge in [0.1, 0.15) is 0 Å². The van der Waals surface area contributed by atoms with Crippen LogP contribution in [0.1, 0.15) is 193 Å². The fourth-order valence-electron chi connectivity index (χ4n) is 7.14. The largest absolute Gasteiger partial charge is 0.140 e. The van der Waals surface area contributed by atoms with Crippen LogP contribution in [-0.4, -0.2) is 0 Å². The van der Waals surface area contributed by atoms with Gasteiger partial charge in [-0.1, -0.05) is 162 Å². The molecule has 4 aromatic rings. The number of hydrogen-bond donors (Lipinski definition) is 0. The van der Waals surface area contributed by atoms with E-state index in [-0.39, 0.29) is 32.5 Å². The van der Waals surface area contributed by atoms with Crippen molar-refractivity contribution in [1.82, 2.24) is 0 Å². The molecule has 2 unspecified atom stereocenters. The maximum Gasteiger partial charge on any atom is 0.0295 e. The molecule has 298 valence electrons. The third kappa shape index (κ3) is 12.1. The smallest absolute Gasteiger partial charge is 0.0295 e. The predicted molar refractivity (Wildman–Crippen MR) is 255 cm³/mol. The molecule has 54 heavy (non-hydrogen) atoms. The first kappa shape index (κ1) is 45.4. The minimum absolute atomic E-state index is 0.110. The van der Waals surface area contributed by atoms with E-state index in [9.17, 15) is 0 Å². The van der Waals surface area contributed by atoms with E-state index < -0.39 is 0 Å². The molecule has 0 amide bonds. The summed E-state index contributed by atoms with van der Waals surface area (Å²) in [5.74, 6) is 0. The van der Waals surface area contributed by atoms with Crippen molar-refractivity contribution in [3.8, 4) is 0 Å². The Labute approximate surface area is 345 Å². The summed E-state index contributed by atoms with van der Waals surface area (Å²) in [5, 5.41) is 3.16. The highest BCUT2D eigenvalue weighted by molar-refractivity contribution is 7.63. The average molecular weight is 803 g/mol. The van der Waals surface area contributed by atoms with Crippen LogP contribution in [0.5, 0.6) is 0 Å². The molecule has 0 aliphatic heterocycles. The molecule has 0 saturated heterocycles. The molecule has 2 atom stereocenters. The lowest BCUT2D eigenvalue weighted by atomic mass is 9.75. The molecule has 0 radical (unpaired) electrons. The first-order valence-corrected chi connectivity index (χ1v) is 24.3. The summed E-state index contributed by atoms with van der Waals surface area (Å²) in [6.07, 6.45) is 7.63. The summed E-state index contributed by atoms with van der Waals surface area (Å²) in [6.45, 7) is 42.8. The first-order valence-electron chi connectivity index (χ1n) is 20.7. The summed E-state index contributed by atoms with van der Waals surface area (Å²) in [6, 6.07) is 19.8. The Bertz CT molecular complexity index is 1650. The number of benzene rings is 2. The molecule has 0 aliphatic carbocycles. The predicted octanol–water partition coefficient (Wildman–Crippen LogP) is 14.2. The first-order chi connectivity index (χ1) is 24.5. The molecule has 2 heterocycles. The lowest BCUT2D eigenvalue weighted by molar-refractivity contribution is 0.553. The average Bonchev–Trinajstić information content (AvgIpc) is 3.64. The SMILES string of the molecule is CC(C)(C)c1cc(C(C)(C)C)c(Pc2ccc(CCCCCCc3ccc(Pc4c(C(C)(C)C)cc(C(C)(C)C)cc4C(C)(C)C)s3)s2)c(C(C)(C)C)c1. The van der Waals surface area contributed by atoms with Crippen LogP contribution in [0.15, 0.2) is 48.5 Å². The van der Waals surface area contributed by atoms with Crippen LogP contribution in [0.3, 0.4) is 0 Å². The molecule has 0 nitrogen and oxygen atoms in total. The molecule has 0 saturated carbocycles. The zero-order valence-corrected chi connectivity index (χ0v) is 41.3. The van der Waals surface area contributed by atoms with Gasteiger partial charge in [0.05, 0.1) is 0 Å². The van der Waals surface area contributed by atoms with E-state index in [2.05, 4.69) is 196 Å². The van der Waals surface area contributed by atoms with E-state index in [0.717, 1.165) is 0 Å². The van der Waals surface area contributed by atoms with Crippen molar-refractivity contribution in [3.63, 3.8) is 0 Å². The topological polar surface area (TPSA) is 0 Å². The number of aryl methyl sites for hydroxylation is 2. The summed E-state index contributed by atoms with van der Waals surface area (Å²) < 4.78 is 3.07. The monoisotopic (exact) mass is 802 g/mol. The van der Waals surface area contributed by atoms with Crippen LogP contribution in [0.25, 0.3) is 0 Å². The van der Waals surface area contributed by atoms with E-state index in [1.54, 1.807) is 20.4 Å². The van der Waals surface area contributed by atoms with Crippen LogP contribution in [0, 0.1) is 0 Å². The van der Waals surface area contributed by atoms with Gasteiger partial charge in [-0.05, 0) is 144 Å². The Balaban J connectivity index is 1.37. The summed E-state index contributed by atoms with van der Waals surface area (Å²) >= 11 is 4.12. The van der Waals surface area contributed by atoms with Gasteiger partial charge in [-0.3, -0.25) is 0 Å². The molecular weight excluding hydrogens is 727 g/mol. The highest BCUT2D eigenvalue weighted by Crippen LogP contribution is 2.39.